The average Bonchev–Trinajstić information content (AvgIpc) is 3.06. The van der Waals surface area contributed by atoms with Crippen molar-refractivity contribution in [2.75, 3.05) is 0 Å². The molecule has 9 atom stereocenters. The smallest absolute Gasteiger partial charge is 0.0577 e. The van der Waals surface area contributed by atoms with Gasteiger partial charge in [0.1, 0.15) is 0 Å². The molecule has 0 amide bonds. The van der Waals surface area contributed by atoms with E-state index < -0.39 is 0 Å². The fraction of sp³-hybridized carbons (Fsp3) is 0.724. The van der Waals surface area contributed by atoms with E-state index in [1.54, 1.807) is 5.57 Å². The fourth-order valence-electron chi connectivity index (χ4n) is 8.42. The van der Waals surface area contributed by atoms with Crippen molar-refractivity contribution in [3.8, 4) is 0 Å². The van der Waals surface area contributed by atoms with Gasteiger partial charge in [-0.1, -0.05) is 62.8 Å². The zero-order chi connectivity index (χ0) is 21.7. The molecule has 1 nitrogen and oxygen atoms in total. The molecular weight excluding hydrogens is 364 g/mol. The van der Waals surface area contributed by atoms with Gasteiger partial charge in [0.05, 0.1) is 6.10 Å². The molecule has 1 N–H and O–H groups in total. The van der Waals surface area contributed by atoms with Gasteiger partial charge in [0.15, 0.2) is 0 Å². The molecule has 166 valence electrons. The first-order valence-electron chi connectivity index (χ1n) is 12.5. The summed E-state index contributed by atoms with van der Waals surface area (Å²) < 4.78 is 0. The third-order valence-corrected chi connectivity index (χ3v) is 10.2. The lowest BCUT2D eigenvalue weighted by Crippen LogP contribution is -2.50. The van der Waals surface area contributed by atoms with Crippen molar-refractivity contribution in [2.45, 2.75) is 85.2 Å². The predicted octanol–water partition coefficient (Wildman–Crippen LogP) is 7.50. The average molecular weight is 409 g/mol. The van der Waals surface area contributed by atoms with Crippen LogP contribution in [0.3, 0.4) is 0 Å². The second-order valence-corrected chi connectivity index (χ2v) is 11.7. The molecule has 4 rings (SSSR count). The Morgan fingerprint density at radius 2 is 1.90 bits per heavy atom. The molecule has 0 bridgehead atoms. The molecule has 0 aromatic rings. The van der Waals surface area contributed by atoms with Gasteiger partial charge in [0.25, 0.3) is 0 Å². The van der Waals surface area contributed by atoms with E-state index in [0.717, 1.165) is 36.5 Å². The van der Waals surface area contributed by atoms with E-state index in [-0.39, 0.29) is 6.10 Å². The van der Waals surface area contributed by atoms with Crippen LogP contribution in [-0.2, 0) is 0 Å². The molecule has 3 fully saturated rings. The molecule has 4 aliphatic rings. The van der Waals surface area contributed by atoms with Crippen LogP contribution in [0.1, 0.15) is 79.1 Å². The minimum atomic E-state index is -0.100. The predicted molar refractivity (Wildman–Crippen MR) is 128 cm³/mol. The molecule has 1 unspecified atom stereocenters. The minimum Gasteiger partial charge on any atom is -0.393 e. The standard InChI is InChI=1S/C29H44O/c1-7-21(19(2)3)9-8-20(4)25-12-13-26-24-11-10-22-18-23(30)14-16-28(22,5)27(24)15-17-29(25,26)6/h7-10,20-21,23-27,30H,1-2,11-18H2,3-6H3/b9-8+/t20-,21?,23+,24+,25-,26+,27+,28+,29-/m1/s1. The second-order valence-electron chi connectivity index (χ2n) is 11.7. The molecule has 0 heterocycles. The Bertz CT molecular complexity index is 743. The summed E-state index contributed by atoms with van der Waals surface area (Å²) in [4.78, 5) is 0. The number of rotatable bonds is 5. The van der Waals surface area contributed by atoms with Crippen LogP contribution in [0.25, 0.3) is 0 Å². The van der Waals surface area contributed by atoms with Crippen molar-refractivity contribution >= 4 is 0 Å². The van der Waals surface area contributed by atoms with Crippen LogP contribution in [0.4, 0.5) is 0 Å². The third kappa shape index (κ3) is 3.50. The van der Waals surface area contributed by atoms with Gasteiger partial charge >= 0.3 is 0 Å². The lowest BCUT2D eigenvalue weighted by molar-refractivity contribution is -0.0540. The summed E-state index contributed by atoms with van der Waals surface area (Å²) in [6.45, 7) is 17.8. The van der Waals surface area contributed by atoms with Crippen molar-refractivity contribution in [3.63, 3.8) is 0 Å². The molecule has 1 heteroatoms. The van der Waals surface area contributed by atoms with Gasteiger partial charge < -0.3 is 5.11 Å². The van der Waals surface area contributed by atoms with Gasteiger partial charge in [0, 0.05) is 5.92 Å². The van der Waals surface area contributed by atoms with E-state index in [9.17, 15) is 5.11 Å². The Hall–Kier alpha value is -1.08. The summed E-state index contributed by atoms with van der Waals surface area (Å²) in [5.74, 6) is 4.27. The lowest BCUT2D eigenvalue weighted by atomic mass is 9.47. The van der Waals surface area contributed by atoms with Crippen LogP contribution in [0, 0.1) is 46.3 Å². The van der Waals surface area contributed by atoms with Gasteiger partial charge in [-0.2, -0.15) is 0 Å². The zero-order valence-corrected chi connectivity index (χ0v) is 19.9. The van der Waals surface area contributed by atoms with Gasteiger partial charge in [-0.05, 0) is 98.7 Å². The lowest BCUT2D eigenvalue weighted by Gasteiger charge is -2.58. The summed E-state index contributed by atoms with van der Waals surface area (Å²) in [6.07, 6.45) is 19.2. The first-order valence-corrected chi connectivity index (χ1v) is 12.5. The topological polar surface area (TPSA) is 20.2 Å². The van der Waals surface area contributed by atoms with Crippen molar-refractivity contribution < 1.29 is 5.11 Å². The number of hydrogen-bond acceptors (Lipinski definition) is 1. The van der Waals surface area contributed by atoms with Gasteiger partial charge in [-0.25, -0.2) is 0 Å². The van der Waals surface area contributed by atoms with Crippen molar-refractivity contribution in [3.05, 3.63) is 48.6 Å². The van der Waals surface area contributed by atoms with E-state index in [0.29, 0.717) is 22.7 Å². The summed E-state index contributed by atoms with van der Waals surface area (Å²) >= 11 is 0. The highest BCUT2D eigenvalue weighted by atomic mass is 16.3. The summed E-state index contributed by atoms with van der Waals surface area (Å²) in [5.41, 5.74) is 3.60. The maximum absolute atomic E-state index is 10.2. The second kappa shape index (κ2) is 8.12. The van der Waals surface area contributed by atoms with Crippen molar-refractivity contribution in [1.29, 1.82) is 0 Å². The first-order chi connectivity index (χ1) is 14.2. The van der Waals surface area contributed by atoms with E-state index in [1.165, 1.54) is 44.1 Å². The molecule has 30 heavy (non-hydrogen) atoms. The van der Waals surface area contributed by atoms with E-state index >= 15 is 0 Å². The Morgan fingerprint density at radius 1 is 1.13 bits per heavy atom. The number of aliphatic hydroxyl groups excluding tert-OH is 1. The summed E-state index contributed by atoms with van der Waals surface area (Å²) in [5, 5.41) is 10.2. The van der Waals surface area contributed by atoms with E-state index in [4.69, 9.17) is 0 Å². The van der Waals surface area contributed by atoms with Crippen LogP contribution >= 0.6 is 0 Å². The largest absolute Gasteiger partial charge is 0.393 e. The minimum absolute atomic E-state index is 0.100. The number of hydrogen-bond donors (Lipinski definition) is 1. The molecule has 0 aromatic carbocycles. The number of aliphatic hydroxyl groups is 1. The molecule has 0 aliphatic heterocycles. The van der Waals surface area contributed by atoms with Crippen LogP contribution in [0.2, 0.25) is 0 Å². The first kappa shape index (κ1) is 22.1. The van der Waals surface area contributed by atoms with Gasteiger partial charge in [-0.15, -0.1) is 6.58 Å². The molecule has 0 saturated heterocycles. The molecule has 0 aromatic heterocycles. The highest BCUT2D eigenvalue weighted by Crippen LogP contribution is 2.67. The Balaban J connectivity index is 1.53. The highest BCUT2D eigenvalue weighted by molar-refractivity contribution is 5.25. The number of allylic oxidation sites excluding steroid dienone is 5. The maximum atomic E-state index is 10.2. The SMILES string of the molecule is C=CC(/C=C/[C@@H](C)[C@H]1CC[C@H]2[C@@H]3CC=C4C[C@@H](O)CC[C@]4(C)[C@H]3CC[C@]12C)C(=C)C. The van der Waals surface area contributed by atoms with Crippen LogP contribution < -0.4 is 0 Å². The fourth-order valence-corrected chi connectivity index (χ4v) is 8.42. The number of fused-ring (bicyclic) bond motifs is 5. The summed E-state index contributed by atoms with van der Waals surface area (Å²) in [6, 6.07) is 0. The van der Waals surface area contributed by atoms with E-state index in [2.05, 4.69) is 59.1 Å². The third-order valence-electron chi connectivity index (χ3n) is 10.2. The van der Waals surface area contributed by atoms with Crippen molar-refractivity contribution in [2.24, 2.45) is 46.3 Å². The van der Waals surface area contributed by atoms with Gasteiger partial charge in [0.2, 0.25) is 0 Å². The molecule has 3 saturated carbocycles. The maximum Gasteiger partial charge on any atom is 0.0577 e. The molecule has 0 radical (unpaired) electrons. The Labute approximate surface area is 185 Å². The zero-order valence-electron chi connectivity index (χ0n) is 19.9. The quantitative estimate of drug-likeness (QED) is 0.467. The van der Waals surface area contributed by atoms with Crippen LogP contribution in [0.5, 0.6) is 0 Å². The molecule has 4 aliphatic carbocycles. The van der Waals surface area contributed by atoms with Crippen molar-refractivity contribution in [1.82, 2.24) is 0 Å². The van der Waals surface area contributed by atoms with Crippen LogP contribution in [-0.4, -0.2) is 11.2 Å². The molecular formula is C29H44O. The normalized spacial score (nSPS) is 45.1. The molecule has 0 spiro atoms. The monoisotopic (exact) mass is 408 g/mol. The highest BCUT2D eigenvalue weighted by Gasteiger charge is 2.58. The Kier molecular flexibility index (Phi) is 5.99. The van der Waals surface area contributed by atoms with E-state index in [1.807, 2.05) is 6.08 Å². The Morgan fingerprint density at radius 3 is 2.60 bits per heavy atom. The summed E-state index contributed by atoms with van der Waals surface area (Å²) in [7, 11) is 0. The van der Waals surface area contributed by atoms with Gasteiger partial charge in [-0.3, -0.25) is 0 Å². The van der Waals surface area contributed by atoms with Crippen LogP contribution in [0.15, 0.2) is 48.6 Å².